The third kappa shape index (κ3) is 5.14. The SMILES string of the molecule is COC(=O)C(O[SiH](C)C)C(CI)C(C)(C)C. The minimum atomic E-state index is -1.24. The van der Waals surface area contributed by atoms with Gasteiger partial charge in [-0.25, -0.2) is 4.79 Å². The van der Waals surface area contributed by atoms with Crippen LogP contribution >= 0.6 is 22.6 Å². The summed E-state index contributed by atoms with van der Waals surface area (Å²) in [5.41, 5.74) is 0.0450. The van der Waals surface area contributed by atoms with Crippen LogP contribution in [-0.4, -0.2) is 32.7 Å². The molecule has 0 aliphatic rings. The van der Waals surface area contributed by atoms with Crippen LogP contribution < -0.4 is 0 Å². The summed E-state index contributed by atoms with van der Waals surface area (Å²) in [4.78, 5) is 11.8. The lowest BCUT2D eigenvalue weighted by Gasteiger charge is -2.35. The molecule has 0 rings (SSSR count). The third-order valence-corrected chi connectivity index (χ3v) is 4.28. The van der Waals surface area contributed by atoms with E-state index in [0.717, 1.165) is 4.43 Å². The van der Waals surface area contributed by atoms with Crippen molar-refractivity contribution >= 4 is 37.6 Å². The Morgan fingerprint density at radius 1 is 1.38 bits per heavy atom. The van der Waals surface area contributed by atoms with Gasteiger partial charge in [-0.15, -0.1) is 0 Å². The summed E-state index contributed by atoms with van der Waals surface area (Å²) in [6, 6.07) is 0. The predicted molar refractivity (Wildman–Crippen MR) is 77.6 cm³/mol. The molecule has 0 spiro atoms. The number of carbonyl (C=O) groups excluding carboxylic acids is 1. The molecule has 5 heteroatoms. The number of hydrogen-bond acceptors (Lipinski definition) is 3. The second-order valence-electron chi connectivity index (χ2n) is 5.26. The van der Waals surface area contributed by atoms with Crippen LogP contribution in [0.2, 0.25) is 13.1 Å². The Balaban J connectivity index is 4.91. The topological polar surface area (TPSA) is 35.5 Å². The number of halogens is 1. The third-order valence-electron chi connectivity index (χ3n) is 2.50. The normalized spacial score (nSPS) is 16.0. The largest absolute Gasteiger partial charge is 0.467 e. The number of ether oxygens (including phenoxy) is 1. The molecule has 2 unspecified atom stereocenters. The van der Waals surface area contributed by atoms with Crippen molar-refractivity contribution in [1.82, 2.24) is 0 Å². The predicted octanol–water partition coefficient (Wildman–Crippen LogP) is 2.63. The molecule has 0 fully saturated rings. The zero-order chi connectivity index (χ0) is 12.9. The van der Waals surface area contributed by atoms with Gasteiger partial charge in [-0.1, -0.05) is 43.4 Å². The van der Waals surface area contributed by atoms with Gasteiger partial charge in [0.15, 0.2) is 9.04 Å². The Hall–Kier alpha value is 0.377. The van der Waals surface area contributed by atoms with Crippen LogP contribution in [0.3, 0.4) is 0 Å². The quantitative estimate of drug-likeness (QED) is 0.328. The number of esters is 1. The van der Waals surface area contributed by atoms with Gasteiger partial charge in [0, 0.05) is 10.3 Å². The molecule has 0 aromatic rings. The molecule has 0 radical (unpaired) electrons. The van der Waals surface area contributed by atoms with E-state index in [0.29, 0.717) is 0 Å². The molecule has 0 heterocycles. The Labute approximate surface area is 114 Å². The molecule has 0 N–H and O–H groups in total. The molecule has 0 aromatic carbocycles. The molecule has 2 atom stereocenters. The van der Waals surface area contributed by atoms with E-state index in [1.807, 2.05) is 0 Å². The van der Waals surface area contributed by atoms with Crippen molar-refractivity contribution in [2.24, 2.45) is 11.3 Å². The maximum absolute atomic E-state index is 11.8. The molecule has 96 valence electrons. The summed E-state index contributed by atoms with van der Waals surface area (Å²) < 4.78 is 11.6. The fourth-order valence-corrected chi connectivity index (χ4v) is 4.16. The second-order valence-corrected chi connectivity index (χ2v) is 8.51. The number of alkyl halides is 1. The number of hydrogen-bond donors (Lipinski definition) is 0. The molecule has 0 aromatic heterocycles. The van der Waals surface area contributed by atoms with Crippen molar-refractivity contribution in [3.63, 3.8) is 0 Å². The summed E-state index contributed by atoms with van der Waals surface area (Å²) in [5.74, 6) is -0.0479. The minimum absolute atomic E-state index is 0.0450. The molecular weight excluding hydrogens is 335 g/mol. The van der Waals surface area contributed by atoms with Crippen LogP contribution in [0, 0.1) is 11.3 Å². The van der Waals surface area contributed by atoms with Gasteiger partial charge in [-0.3, -0.25) is 0 Å². The minimum Gasteiger partial charge on any atom is -0.467 e. The number of methoxy groups -OCH3 is 1. The zero-order valence-electron chi connectivity index (χ0n) is 11.0. The second kappa shape index (κ2) is 6.96. The Kier molecular flexibility index (Phi) is 7.12. The van der Waals surface area contributed by atoms with E-state index in [1.165, 1.54) is 7.11 Å². The molecule has 0 amide bonds. The van der Waals surface area contributed by atoms with Crippen molar-refractivity contribution in [3.8, 4) is 0 Å². The van der Waals surface area contributed by atoms with E-state index >= 15 is 0 Å². The summed E-state index contributed by atoms with van der Waals surface area (Å²) in [5, 5.41) is 0. The van der Waals surface area contributed by atoms with E-state index in [-0.39, 0.29) is 17.3 Å². The highest BCUT2D eigenvalue weighted by Gasteiger charge is 2.37. The van der Waals surface area contributed by atoms with Crippen molar-refractivity contribution in [2.45, 2.75) is 40.0 Å². The zero-order valence-corrected chi connectivity index (χ0v) is 14.4. The van der Waals surface area contributed by atoms with Crippen molar-refractivity contribution in [3.05, 3.63) is 0 Å². The van der Waals surface area contributed by atoms with Gasteiger partial charge in [0.25, 0.3) is 0 Å². The lowest BCUT2D eigenvalue weighted by molar-refractivity contribution is -0.153. The molecule has 0 aliphatic heterocycles. The van der Waals surface area contributed by atoms with Gasteiger partial charge in [-0.05, 0) is 18.5 Å². The number of rotatable bonds is 5. The number of carbonyl (C=O) groups is 1. The van der Waals surface area contributed by atoms with Gasteiger partial charge >= 0.3 is 5.97 Å². The first kappa shape index (κ1) is 16.4. The van der Waals surface area contributed by atoms with Gasteiger partial charge in [0.2, 0.25) is 0 Å². The average molecular weight is 358 g/mol. The molecule has 0 saturated carbocycles. The lowest BCUT2D eigenvalue weighted by Crippen LogP contribution is -2.43. The highest BCUT2D eigenvalue weighted by atomic mass is 127. The Bertz CT molecular complexity index is 226. The standard InChI is InChI=1S/C11H23IO3Si/c1-11(2,3)8(7-12)9(10(13)14-4)15-16(5)6/h8-9,16H,7H2,1-6H3. The smallest absolute Gasteiger partial charge is 0.334 e. The highest BCUT2D eigenvalue weighted by Crippen LogP contribution is 2.32. The highest BCUT2D eigenvalue weighted by molar-refractivity contribution is 14.1. The molecule has 0 bridgehead atoms. The van der Waals surface area contributed by atoms with Crippen molar-refractivity contribution in [2.75, 3.05) is 11.5 Å². The van der Waals surface area contributed by atoms with Crippen molar-refractivity contribution in [1.29, 1.82) is 0 Å². The first-order chi connectivity index (χ1) is 7.23. The Morgan fingerprint density at radius 2 is 1.88 bits per heavy atom. The average Bonchev–Trinajstić information content (AvgIpc) is 2.13. The molecule has 0 saturated heterocycles. The maximum Gasteiger partial charge on any atom is 0.334 e. The van der Waals surface area contributed by atoms with Gasteiger partial charge in [0.1, 0.15) is 6.10 Å². The molecule has 16 heavy (non-hydrogen) atoms. The lowest BCUT2D eigenvalue weighted by atomic mass is 9.78. The summed E-state index contributed by atoms with van der Waals surface area (Å²) in [6.07, 6.45) is -0.409. The first-order valence-electron chi connectivity index (χ1n) is 5.53. The van der Waals surface area contributed by atoms with Crippen LogP contribution in [0.1, 0.15) is 20.8 Å². The van der Waals surface area contributed by atoms with Crippen molar-refractivity contribution < 1.29 is 14.0 Å². The Morgan fingerprint density at radius 3 is 2.12 bits per heavy atom. The maximum atomic E-state index is 11.8. The summed E-state index contributed by atoms with van der Waals surface area (Å²) >= 11 is 2.31. The van der Waals surface area contributed by atoms with Gasteiger partial charge in [0.05, 0.1) is 7.11 Å². The van der Waals surface area contributed by atoms with Crippen LogP contribution in [0.5, 0.6) is 0 Å². The van der Waals surface area contributed by atoms with E-state index in [4.69, 9.17) is 9.16 Å². The summed E-state index contributed by atoms with van der Waals surface area (Å²) in [6.45, 7) is 10.6. The van der Waals surface area contributed by atoms with Gasteiger partial charge in [-0.2, -0.15) is 0 Å². The molecule has 3 nitrogen and oxygen atoms in total. The van der Waals surface area contributed by atoms with Crippen LogP contribution in [-0.2, 0) is 14.0 Å². The van der Waals surface area contributed by atoms with Crippen LogP contribution in [0.25, 0.3) is 0 Å². The first-order valence-corrected chi connectivity index (χ1v) is 9.84. The molecular formula is C11H23IO3Si. The van der Waals surface area contributed by atoms with E-state index < -0.39 is 15.1 Å². The fourth-order valence-electron chi connectivity index (χ4n) is 1.49. The van der Waals surface area contributed by atoms with Gasteiger partial charge < -0.3 is 9.16 Å². The monoisotopic (exact) mass is 358 g/mol. The van der Waals surface area contributed by atoms with E-state index in [9.17, 15) is 4.79 Å². The molecule has 0 aliphatic carbocycles. The summed E-state index contributed by atoms with van der Waals surface area (Å²) in [7, 11) is 0.180. The fraction of sp³-hybridized carbons (Fsp3) is 0.909. The van der Waals surface area contributed by atoms with E-state index in [2.05, 4.69) is 56.5 Å². The van der Waals surface area contributed by atoms with E-state index in [1.54, 1.807) is 0 Å². The van der Waals surface area contributed by atoms with Crippen LogP contribution in [0.4, 0.5) is 0 Å². The van der Waals surface area contributed by atoms with Crippen LogP contribution in [0.15, 0.2) is 0 Å².